The minimum Gasteiger partial charge on any atom is -0.537 e. The smallest absolute Gasteiger partial charge is 0.299 e. The van der Waals surface area contributed by atoms with Gasteiger partial charge < -0.3 is 4.43 Å². The summed E-state index contributed by atoms with van der Waals surface area (Å²) in [6.45, 7) is 6.62. The molecule has 0 unspecified atom stereocenters. The van der Waals surface area contributed by atoms with E-state index in [4.69, 9.17) is 16.0 Å². The molecule has 0 spiro atoms. The first-order valence-electron chi connectivity index (χ1n) is 9.06. The van der Waals surface area contributed by atoms with Crippen molar-refractivity contribution in [2.75, 3.05) is 0 Å². The fourth-order valence-corrected chi connectivity index (χ4v) is 6.58. The molecule has 140 valence electrons. The summed E-state index contributed by atoms with van der Waals surface area (Å²) < 4.78 is 6.80. The van der Waals surface area contributed by atoms with Crippen LogP contribution in [-0.2, 0) is 10.7 Å². The summed E-state index contributed by atoms with van der Waals surface area (Å²) in [6.07, 6.45) is 0. The molecule has 0 bridgehead atoms. The molecule has 4 heteroatoms. The summed E-state index contributed by atoms with van der Waals surface area (Å²) in [5, 5.41) is 4.01. The summed E-state index contributed by atoms with van der Waals surface area (Å²) in [4.78, 5) is 0. The maximum atomic E-state index is 6.80. The van der Waals surface area contributed by atoms with Gasteiger partial charge in [0, 0.05) is 15.9 Å². The second-order valence-corrected chi connectivity index (χ2v) is 10.9. The SMILES string of the molecule is CC(C)(C)c1c(O[SiH](c2ccccc2)c2ccccc2)ccc(Cl)c1CBr. The lowest BCUT2D eigenvalue weighted by Crippen LogP contribution is -2.47. The minimum atomic E-state index is -1.88. The summed E-state index contributed by atoms with van der Waals surface area (Å²) in [7, 11) is -1.88. The van der Waals surface area contributed by atoms with Crippen molar-refractivity contribution in [1.29, 1.82) is 0 Å². The Morgan fingerprint density at radius 3 is 1.81 bits per heavy atom. The Bertz CT molecular complexity index is 852. The van der Waals surface area contributed by atoms with Crippen LogP contribution in [0.3, 0.4) is 0 Å². The molecule has 3 aromatic carbocycles. The van der Waals surface area contributed by atoms with E-state index < -0.39 is 9.04 Å². The van der Waals surface area contributed by atoms with Crippen LogP contribution in [0, 0.1) is 0 Å². The molecular weight excluding hydrogens is 436 g/mol. The van der Waals surface area contributed by atoms with E-state index in [9.17, 15) is 0 Å². The zero-order valence-electron chi connectivity index (χ0n) is 15.9. The van der Waals surface area contributed by atoms with Crippen LogP contribution in [0.25, 0.3) is 0 Å². The van der Waals surface area contributed by atoms with Crippen LogP contribution in [0.2, 0.25) is 5.02 Å². The zero-order chi connectivity index (χ0) is 19.4. The number of rotatable bonds is 5. The van der Waals surface area contributed by atoms with Gasteiger partial charge in [0.2, 0.25) is 0 Å². The van der Waals surface area contributed by atoms with Crippen LogP contribution < -0.4 is 14.8 Å². The second-order valence-electron chi connectivity index (χ2n) is 7.60. The summed E-state index contributed by atoms with van der Waals surface area (Å²) >= 11 is 10.1. The van der Waals surface area contributed by atoms with Crippen molar-refractivity contribution >= 4 is 46.9 Å². The Morgan fingerprint density at radius 1 is 0.852 bits per heavy atom. The Labute approximate surface area is 177 Å². The molecule has 0 atom stereocenters. The molecule has 0 radical (unpaired) electrons. The van der Waals surface area contributed by atoms with Crippen LogP contribution in [0.15, 0.2) is 72.8 Å². The number of hydrogen-bond acceptors (Lipinski definition) is 1. The molecular formula is C23H24BrClOSi. The van der Waals surface area contributed by atoms with E-state index >= 15 is 0 Å². The van der Waals surface area contributed by atoms with E-state index in [0.29, 0.717) is 5.33 Å². The quantitative estimate of drug-likeness (QED) is 0.364. The van der Waals surface area contributed by atoms with Gasteiger partial charge in [0.05, 0.1) is 0 Å². The molecule has 0 saturated carbocycles. The first kappa shape index (κ1) is 20.2. The van der Waals surface area contributed by atoms with Gasteiger partial charge >= 0.3 is 0 Å². The fourth-order valence-electron chi connectivity index (χ4n) is 3.36. The molecule has 0 aliphatic rings. The number of benzene rings is 3. The molecule has 0 amide bonds. The van der Waals surface area contributed by atoms with Crippen LogP contribution in [-0.4, -0.2) is 9.04 Å². The number of halogens is 2. The van der Waals surface area contributed by atoms with Crippen LogP contribution >= 0.6 is 27.5 Å². The maximum Gasteiger partial charge on any atom is 0.299 e. The Hall–Kier alpha value is -1.55. The lowest BCUT2D eigenvalue weighted by Gasteiger charge is -2.29. The molecule has 0 heterocycles. The predicted molar refractivity (Wildman–Crippen MR) is 123 cm³/mol. The number of hydrogen-bond donors (Lipinski definition) is 0. The highest BCUT2D eigenvalue weighted by Gasteiger charge is 2.27. The number of alkyl halides is 1. The van der Waals surface area contributed by atoms with Gasteiger partial charge in [-0.2, -0.15) is 0 Å². The summed E-state index contributed by atoms with van der Waals surface area (Å²) in [6, 6.07) is 25.1. The van der Waals surface area contributed by atoms with E-state index in [1.165, 1.54) is 15.9 Å². The van der Waals surface area contributed by atoms with Crippen molar-refractivity contribution in [3.05, 3.63) is 88.9 Å². The van der Waals surface area contributed by atoms with Crippen molar-refractivity contribution in [2.45, 2.75) is 31.5 Å². The Morgan fingerprint density at radius 2 is 1.37 bits per heavy atom. The highest BCUT2D eigenvalue weighted by Crippen LogP contribution is 2.39. The third kappa shape index (κ3) is 4.65. The molecule has 0 aliphatic carbocycles. The monoisotopic (exact) mass is 458 g/mol. The first-order valence-corrected chi connectivity index (χ1v) is 12.2. The third-order valence-electron chi connectivity index (χ3n) is 4.55. The van der Waals surface area contributed by atoms with E-state index in [2.05, 4.69) is 85.2 Å². The molecule has 0 saturated heterocycles. The van der Waals surface area contributed by atoms with Crippen LogP contribution in [0.1, 0.15) is 31.9 Å². The van der Waals surface area contributed by atoms with E-state index in [1.54, 1.807) is 0 Å². The maximum absolute atomic E-state index is 6.80. The highest BCUT2D eigenvalue weighted by molar-refractivity contribution is 9.08. The Balaban J connectivity index is 2.13. The van der Waals surface area contributed by atoms with Crippen LogP contribution in [0.4, 0.5) is 0 Å². The minimum absolute atomic E-state index is 0.0737. The molecule has 0 fully saturated rings. The van der Waals surface area contributed by atoms with Gasteiger partial charge in [0.25, 0.3) is 9.04 Å². The Kier molecular flexibility index (Phi) is 6.46. The summed E-state index contributed by atoms with van der Waals surface area (Å²) in [5.74, 6) is 0.936. The van der Waals surface area contributed by atoms with Crippen LogP contribution in [0.5, 0.6) is 5.75 Å². The van der Waals surface area contributed by atoms with Crippen molar-refractivity contribution in [1.82, 2.24) is 0 Å². The zero-order valence-corrected chi connectivity index (χ0v) is 19.4. The van der Waals surface area contributed by atoms with Crippen molar-refractivity contribution in [3.63, 3.8) is 0 Å². The first-order chi connectivity index (χ1) is 12.9. The second kappa shape index (κ2) is 8.64. The molecule has 0 N–H and O–H groups in total. The van der Waals surface area contributed by atoms with E-state index in [-0.39, 0.29) is 5.41 Å². The van der Waals surface area contributed by atoms with Crippen molar-refractivity contribution in [3.8, 4) is 5.75 Å². The topological polar surface area (TPSA) is 9.23 Å². The average molecular weight is 460 g/mol. The van der Waals surface area contributed by atoms with E-state index in [1.807, 2.05) is 24.3 Å². The lowest BCUT2D eigenvalue weighted by atomic mass is 9.83. The average Bonchev–Trinajstić information content (AvgIpc) is 2.67. The summed E-state index contributed by atoms with van der Waals surface area (Å²) in [5.41, 5.74) is 2.21. The van der Waals surface area contributed by atoms with Crippen molar-refractivity contribution in [2.24, 2.45) is 0 Å². The standard InChI is InChI=1S/C23H24BrClOSi/c1-23(2,3)22-19(16-24)20(25)14-15-21(22)26-27(17-10-6-4-7-11-17)18-12-8-5-9-13-18/h4-15,27H,16H2,1-3H3. The fraction of sp³-hybridized carbons (Fsp3) is 0.217. The predicted octanol–water partition coefficient (Wildman–Crippen LogP) is 5.45. The van der Waals surface area contributed by atoms with Gasteiger partial charge in [-0.3, -0.25) is 0 Å². The molecule has 0 aliphatic heterocycles. The molecule has 27 heavy (non-hydrogen) atoms. The third-order valence-corrected chi connectivity index (χ3v) is 7.94. The van der Waals surface area contributed by atoms with Gasteiger partial charge in [-0.05, 0) is 33.5 Å². The lowest BCUT2D eigenvalue weighted by molar-refractivity contribution is 0.522. The molecule has 0 aromatic heterocycles. The van der Waals surface area contributed by atoms with Gasteiger partial charge in [-0.1, -0.05) is 109 Å². The largest absolute Gasteiger partial charge is 0.537 e. The molecule has 3 aromatic rings. The molecule has 3 rings (SSSR count). The van der Waals surface area contributed by atoms with Gasteiger partial charge in [0.15, 0.2) is 0 Å². The van der Waals surface area contributed by atoms with Gasteiger partial charge in [-0.15, -0.1) is 0 Å². The normalized spacial score (nSPS) is 11.6. The van der Waals surface area contributed by atoms with Gasteiger partial charge in [-0.25, -0.2) is 0 Å². The van der Waals surface area contributed by atoms with Gasteiger partial charge in [0.1, 0.15) is 5.75 Å². The van der Waals surface area contributed by atoms with E-state index in [0.717, 1.165) is 16.3 Å². The van der Waals surface area contributed by atoms with Crippen molar-refractivity contribution < 1.29 is 4.43 Å². The molecule has 1 nitrogen and oxygen atoms in total. The highest BCUT2D eigenvalue weighted by atomic mass is 79.9.